The minimum Gasteiger partial charge on any atom is -0.379 e. The molecule has 4 aromatic rings. The maximum atomic E-state index is 12.6. The van der Waals surface area contributed by atoms with Crippen LogP contribution in [0.4, 0.5) is 0 Å². The Hall–Kier alpha value is -3.15. The molecule has 4 aromatic heterocycles. The fourth-order valence-electron chi connectivity index (χ4n) is 4.11. The third-order valence-electron chi connectivity index (χ3n) is 5.84. The van der Waals surface area contributed by atoms with Crippen molar-refractivity contribution < 1.29 is 35.4 Å². The van der Waals surface area contributed by atoms with Gasteiger partial charge in [-0.05, 0) is 37.5 Å². The number of aromatic amines is 2. The van der Waals surface area contributed by atoms with Gasteiger partial charge in [-0.1, -0.05) is 0 Å². The Morgan fingerprint density at radius 1 is 1.10 bits per heavy atom. The lowest BCUT2D eigenvalue weighted by Gasteiger charge is -2.28. The topological polar surface area (TPSA) is 207 Å². The number of pyridine rings is 2. The van der Waals surface area contributed by atoms with Crippen molar-refractivity contribution in [3.8, 4) is 11.1 Å². The first-order valence-electron chi connectivity index (χ1n) is 11.6. The number of nitrogens with one attached hydrogen (secondary N) is 2. The molecule has 16 heteroatoms. The zero-order chi connectivity index (χ0) is 29.0. The number of hydrogen-bond donors (Lipinski definition) is 4. The molecular weight excluding hydrogens is 554 g/mol. The first-order valence-corrected chi connectivity index (χ1v) is 15.3. The van der Waals surface area contributed by atoms with E-state index in [9.17, 15) is 21.6 Å². The Balaban J connectivity index is 0.000000362. The number of H-pyrrole nitrogens is 2. The Morgan fingerprint density at radius 3 is 2.33 bits per heavy atom. The molecule has 0 radical (unpaired) electrons. The number of ether oxygens (including phenoxy) is 2. The van der Waals surface area contributed by atoms with Gasteiger partial charge in [0.05, 0.1) is 43.4 Å². The van der Waals surface area contributed by atoms with E-state index in [-0.39, 0.29) is 17.9 Å². The molecule has 1 aliphatic rings. The summed E-state index contributed by atoms with van der Waals surface area (Å²) in [5, 5.41) is 1.08. The number of imidazole rings is 1. The molecule has 0 spiro atoms. The van der Waals surface area contributed by atoms with Crippen molar-refractivity contribution in [2.45, 2.75) is 38.5 Å². The van der Waals surface area contributed by atoms with E-state index in [0.29, 0.717) is 31.3 Å². The average molecular weight is 586 g/mol. The summed E-state index contributed by atoms with van der Waals surface area (Å²) in [5.41, 5.74) is 5.12. The molecule has 2 atom stereocenters. The van der Waals surface area contributed by atoms with Crippen molar-refractivity contribution in [3.05, 3.63) is 46.8 Å². The van der Waals surface area contributed by atoms with Gasteiger partial charge in [-0.15, -0.1) is 0 Å². The molecule has 39 heavy (non-hydrogen) atoms. The molecule has 0 amide bonds. The van der Waals surface area contributed by atoms with Crippen LogP contribution in [0.5, 0.6) is 0 Å². The van der Waals surface area contributed by atoms with Gasteiger partial charge in [0.2, 0.25) is 0 Å². The molecule has 1 aliphatic heterocycles. The third kappa shape index (κ3) is 8.94. The summed E-state index contributed by atoms with van der Waals surface area (Å²) < 4.78 is 64.7. The van der Waals surface area contributed by atoms with Crippen molar-refractivity contribution in [2.24, 2.45) is 0 Å². The van der Waals surface area contributed by atoms with E-state index < -0.39 is 20.2 Å². The lowest BCUT2D eigenvalue weighted by Crippen LogP contribution is -2.35. The van der Waals surface area contributed by atoms with E-state index in [1.54, 1.807) is 17.9 Å². The molecule has 0 aliphatic carbocycles. The molecule has 0 aromatic carbocycles. The van der Waals surface area contributed by atoms with E-state index in [1.807, 2.05) is 24.5 Å². The number of rotatable bonds is 4. The maximum Gasteiger partial charge on any atom is 0.327 e. The fourth-order valence-corrected chi connectivity index (χ4v) is 4.11. The van der Waals surface area contributed by atoms with Crippen LogP contribution < -0.4 is 5.69 Å². The summed E-state index contributed by atoms with van der Waals surface area (Å²) in [6.07, 6.45) is 8.87. The van der Waals surface area contributed by atoms with Crippen molar-refractivity contribution in [1.29, 1.82) is 0 Å². The van der Waals surface area contributed by atoms with E-state index in [0.717, 1.165) is 46.1 Å². The normalized spacial score (nSPS) is 17.8. The SMILES string of the molecule is CO[C@H]1CC[C@@H](Cn2c(=O)[nH]c3ncc(-c4cnc5[nH]ccc5c4C)cc32)OC1.CS(=O)(=O)O.CS(=O)(=O)O. The van der Waals surface area contributed by atoms with Crippen LogP contribution in [-0.4, -0.2) is 88.9 Å². The highest BCUT2D eigenvalue weighted by atomic mass is 32.2. The number of hydrogen-bond acceptors (Lipinski definition) is 9. The van der Waals surface area contributed by atoms with Gasteiger partial charge in [0, 0.05) is 42.2 Å². The summed E-state index contributed by atoms with van der Waals surface area (Å²) in [6, 6.07) is 4.02. The van der Waals surface area contributed by atoms with E-state index in [1.165, 1.54) is 0 Å². The maximum absolute atomic E-state index is 12.6. The van der Waals surface area contributed by atoms with Gasteiger partial charge in [-0.2, -0.15) is 16.8 Å². The van der Waals surface area contributed by atoms with Crippen LogP contribution in [0.2, 0.25) is 0 Å². The molecule has 0 bridgehead atoms. The van der Waals surface area contributed by atoms with Crippen molar-refractivity contribution >= 4 is 42.4 Å². The lowest BCUT2D eigenvalue weighted by atomic mass is 10.0. The molecule has 1 fully saturated rings. The molecule has 1 saturated heterocycles. The van der Waals surface area contributed by atoms with E-state index >= 15 is 0 Å². The standard InChI is InChI=1S/C21H23N5O3.2CH4O3S/c1-12-16-5-6-22-19(16)24-9-17(12)13-7-18-20(23-8-13)25-21(27)26(18)10-14-3-4-15(28-2)11-29-14;2*1-5(2,3)4/h5-9,14-15H,3-4,10-11H2,1-2H3,(H,22,24)(H,23,25,27);2*1H3,(H,2,3,4)/t14-,15-;;/m0../s1. The minimum atomic E-state index is -3.67. The molecule has 5 heterocycles. The Labute approximate surface area is 224 Å². The number of methoxy groups -OCH3 is 1. The summed E-state index contributed by atoms with van der Waals surface area (Å²) in [4.78, 5) is 27.5. The van der Waals surface area contributed by atoms with Crippen LogP contribution >= 0.6 is 0 Å². The monoisotopic (exact) mass is 585 g/mol. The van der Waals surface area contributed by atoms with Crippen molar-refractivity contribution in [1.82, 2.24) is 24.5 Å². The Kier molecular flexibility index (Phi) is 9.63. The van der Waals surface area contributed by atoms with Crippen molar-refractivity contribution in [3.63, 3.8) is 0 Å². The predicted octanol–water partition coefficient (Wildman–Crippen LogP) is 1.78. The third-order valence-corrected chi connectivity index (χ3v) is 5.84. The first kappa shape index (κ1) is 30.4. The van der Waals surface area contributed by atoms with Crippen LogP contribution in [0.15, 0.2) is 35.5 Å². The smallest absolute Gasteiger partial charge is 0.327 e. The molecule has 14 nitrogen and oxygen atoms in total. The largest absolute Gasteiger partial charge is 0.379 e. The van der Waals surface area contributed by atoms with Gasteiger partial charge < -0.3 is 14.5 Å². The predicted molar refractivity (Wildman–Crippen MR) is 145 cm³/mol. The summed E-state index contributed by atoms with van der Waals surface area (Å²) in [7, 11) is -5.63. The molecule has 5 rings (SSSR count). The van der Waals surface area contributed by atoms with Crippen LogP contribution in [0.1, 0.15) is 18.4 Å². The van der Waals surface area contributed by atoms with Crippen LogP contribution in [0, 0.1) is 6.92 Å². The van der Waals surface area contributed by atoms with E-state index in [2.05, 4.69) is 26.9 Å². The van der Waals surface area contributed by atoms with Gasteiger partial charge in [0.25, 0.3) is 20.2 Å². The highest BCUT2D eigenvalue weighted by Gasteiger charge is 2.23. The molecular formula is C23H31N5O9S2. The van der Waals surface area contributed by atoms with Crippen LogP contribution in [-0.2, 0) is 36.3 Å². The summed E-state index contributed by atoms with van der Waals surface area (Å²) in [6.45, 7) is 3.13. The second kappa shape index (κ2) is 12.4. The zero-order valence-corrected chi connectivity index (χ0v) is 23.4. The van der Waals surface area contributed by atoms with Gasteiger partial charge in [0.15, 0.2) is 5.65 Å². The lowest BCUT2D eigenvalue weighted by molar-refractivity contribution is -0.0757. The van der Waals surface area contributed by atoms with Gasteiger partial charge in [-0.25, -0.2) is 14.8 Å². The average Bonchev–Trinajstić information content (AvgIpc) is 3.42. The van der Waals surface area contributed by atoms with Gasteiger partial charge >= 0.3 is 5.69 Å². The van der Waals surface area contributed by atoms with Gasteiger partial charge in [0.1, 0.15) is 5.65 Å². The summed E-state index contributed by atoms with van der Waals surface area (Å²) in [5.74, 6) is 0. The fraction of sp³-hybridized carbons (Fsp3) is 0.435. The second-order valence-electron chi connectivity index (χ2n) is 9.03. The number of nitrogens with zero attached hydrogens (tertiary/aromatic N) is 3. The second-order valence-corrected chi connectivity index (χ2v) is 12.0. The molecule has 4 N–H and O–H groups in total. The molecule has 0 saturated carbocycles. The van der Waals surface area contributed by atoms with E-state index in [4.69, 9.17) is 18.6 Å². The first-order chi connectivity index (χ1) is 18.1. The molecule has 0 unspecified atom stereocenters. The summed E-state index contributed by atoms with van der Waals surface area (Å²) >= 11 is 0. The Bertz CT molecular complexity index is 1650. The highest BCUT2D eigenvalue weighted by molar-refractivity contribution is 7.85. The number of fused-ring (bicyclic) bond motifs is 2. The van der Waals surface area contributed by atoms with Crippen molar-refractivity contribution in [2.75, 3.05) is 26.2 Å². The number of aryl methyl sites for hydroxylation is 1. The highest BCUT2D eigenvalue weighted by Crippen LogP contribution is 2.29. The zero-order valence-electron chi connectivity index (χ0n) is 21.8. The van der Waals surface area contributed by atoms with Crippen LogP contribution in [0.25, 0.3) is 33.3 Å². The Morgan fingerprint density at radius 2 is 1.74 bits per heavy atom. The number of aromatic nitrogens is 5. The quantitative estimate of drug-likeness (QED) is 0.254. The van der Waals surface area contributed by atoms with Gasteiger partial charge in [-0.3, -0.25) is 18.7 Å². The molecule has 214 valence electrons. The van der Waals surface area contributed by atoms with Crippen LogP contribution in [0.3, 0.4) is 0 Å². The minimum absolute atomic E-state index is 0.0126.